The average molecular weight is 225 g/mol. The molecule has 1 saturated heterocycles. The Hall–Kier alpha value is -0.610. The van der Waals surface area contributed by atoms with Crippen LogP contribution in [0.25, 0.3) is 0 Å². The fourth-order valence-corrected chi connectivity index (χ4v) is 2.78. The van der Waals surface area contributed by atoms with Crippen molar-refractivity contribution < 1.29 is 0 Å². The van der Waals surface area contributed by atoms with Crippen molar-refractivity contribution in [1.29, 1.82) is 0 Å². The zero-order valence-electron chi connectivity index (χ0n) is 9.49. The van der Waals surface area contributed by atoms with Gasteiger partial charge in [-0.25, -0.2) is 4.98 Å². The van der Waals surface area contributed by atoms with Crippen LogP contribution in [-0.4, -0.2) is 25.1 Å². The zero-order chi connectivity index (χ0) is 10.7. The van der Waals surface area contributed by atoms with Gasteiger partial charge in [0.2, 0.25) is 0 Å². The third-order valence-electron chi connectivity index (χ3n) is 2.95. The van der Waals surface area contributed by atoms with Crippen LogP contribution in [-0.2, 0) is 6.54 Å². The molecule has 1 aliphatic heterocycles. The van der Waals surface area contributed by atoms with Crippen molar-refractivity contribution in [3.63, 3.8) is 0 Å². The molecule has 0 aliphatic carbocycles. The summed E-state index contributed by atoms with van der Waals surface area (Å²) in [6.07, 6.45) is 2.61. The van der Waals surface area contributed by atoms with Gasteiger partial charge in [0, 0.05) is 25.0 Å². The lowest BCUT2D eigenvalue weighted by atomic mass is 10.00. The second-order valence-electron chi connectivity index (χ2n) is 4.32. The molecule has 0 amide bonds. The van der Waals surface area contributed by atoms with Gasteiger partial charge in [-0.2, -0.15) is 0 Å². The van der Waals surface area contributed by atoms with Crippen LogP contribution in [0.2, 0.25) is 0 Å². The number of aromatic nitrogens is 1. The van der Waals surface area contributed by atoms with Gasteiger partial charge in [0.25, 0.3) is 0 Å². The molecule has 0 atom stereocenters. The SMILES string of the molecule is CNCc1csc(N2CCC(C)CC2)n1. The third-order valence-corrected chi connectivity index (χ3v) is 3.90. The number of thiazole rings is 1. The van der Waals surface area contributed by atoms with Gasteiger partial charge in [0.05, 0.1) is 5.69 Å². The number of rotatable bonds is 3. The zero-order valence-corrected chi connectivity index (χ0v) is 10.3. The van der Waals surface area contributed by atoms with E-state index in [1.807, 2.05) is 7.05 Å². The van der Waals surface area contributed by atoms with Crippen LogP contribution in [0.3, 0.4) is 0 Å². The van der Waals surface area contributed by atoms with Gasteiger partial charge in [0.1, 0.15) is 0 Å². The Kier molecular flexibility index (Phi) is 3.59. The van der Waals surface area contributed by atoms with Crippen LogP contribution in [0.4, 0.5) is 5.13 Å². The van der Waals surface area contributed by atoms with Gasteiger partial charge in [-0.15, -0.1) is 11.3 Å². The van der Waals surface area contributed by atoms with Crippen molar-refractivity contribution in [3.8, 4) is 0 Å². The van der Waals surface area contributed by atoms with Crippen LogP contribution in [0.15, 0.2) is 5.38 Å². The quantitative estimate of drug-likeness (QED) is 0.854. The highest BCUT2D eigenvalue weighted by atomic mass is 32.1. The molecule has 0 bridgehead atoms. The fraction of sp³-hybridized carbons (Fsp3) is 0.727. The number of piperidine rings is 1. The molecule has 2 rings (SSSR count). The topological polar surface area (TPSA) is 28.2 Å². The lowest BCUT2D eigenvalue weighted by Gasteiger charge is -2.29. The molecule has 2 heterocycles. The molecule has 4 heteroatoms. The van der Waals surface area contributed by atoms with E-state index >= 15 is 0 Å². The summed E-state index contributed by atoms with van der Waals surface area (Å²) in [6.45, 7) is 5.56. The van der Waals surface area contributed by atoms with E-state index in [1.165, 1.54) is 31.1 Å². The Bertz CT molecular complexity index is 303. The van der Waals surface area contributed by atoms with Gasteiger partial charge >= 0.3 is 0 Å². The van der Waals surface area contributed by atoms with E-state index in [0.29, 0.717) is 0 Å². The van der Waals surface area contributed by atoms with Gasteiger partial charge in [-0.1, -0.05) is 6.92 Å². The van der Waals surface area contributed by atoms with E-state index in [4.69, 9.17) is 0 Å². The molecular weight excluding hydrogens is 206 g/mol. The molecule has 3 nitrogen and oxygen atoms in total. The maximum atomic E-state index is 4.63. The Morgan fingerprint density at radius 3 is 2.93 bits per heavy atom. The van der Waals surface area contributed by atoms with Crippen molar-refractivity contribution >= 4 is 16.5 Å². The highest BCUT2D eigenvalue weighted by Crippen LogP contribution is 2.25. The Morgan fingerprint density at radius 2 is 2.27 bits per heavy atom. The summed E-state index contributed by atoms with van der Waals surface area (Å²) in [5.41, 5.74) is 1.16. The number of nitrogens with zero attached hydrogens (tertiary/aromatic N) is 2. The number of hydrogen-bond donors (Lipinski definition) is 1. The molecule has 1 aliphatic rings. The van der Waals surface area contributed by atoms with E-state index in [-0.39, 0.29) is 0 Å². The standard InChI is InChI=1S/C11H19N3S/c1-9-3-5-14(6-4-9)11-13-10(7-12-2)8-15-11/h8-9,12H,3-7H2,1-2H3. The minimum atomic E-state index is 0.876. The lowest BCUT2D eigenvalue weighted by molar-refractivity contribution is 0.438. The Labute approximate surface area is 95.5 Å². The predicted molar refractivity (Wildman–Crippen MR) is 65.5 cm³/mol. The summed E-state index contributed by atoms with van der Waals surface area (Å²) in [7, 11) is 1.96. The van der Waals surface area contributed by atoms with E-state index in [2.05, 4.69) is 27.5 Å². The number of hydrogen-bond acceptors (Lipinski definition) is 4. The fourth-order valence-electron chi connectivity index (χ4n) is 1.90. The molecular formula is C11H19N3S. The number of anilines is 1. The van der Waals surface area contributed by atoms with Crippen LogP contribution in [0.1, 0.15) is 25.5 Å². The van der Waals surface area contributed by atoms with Crippen molar-refractivity contribution in [2.24, 2.45) is 5.92 Å². The van der Waals surface area contributed by atoms with Crippen molar-refractivity contribution in [2.45, 2.75) is 26.3 Å². The molecule has 0 aromatic carbocycles. The largest absolute Gasteiger partial charge is 0.348 e. The first kappa shape index (κ1) is 10.9. The number of nitrogens with one attached hydrogen (secondary N) is 1. The first-order valence-corrected chi connectivity index (χ1v) is 6.51. The Morgan fingerprint density at radius 1 is 1.53 bits per heavy atom. The van der Waals surface area contributed by atoms with Crippen LogP contribution in [0.5, 0.6) is 0 Å². The predicted octanol–water partition coefficient (Wildman–Crippen LogP) is 2.10. The molecule has 1 N–H and O–H groups in total. The molecule has 1 aromatic heterocycles. The molecule has 15 heavy (non-hydrogen) atoms. The monoisotopic (exact) mass is 225 g/mol. The first-order chi connectivity index (χ1) is 7.29. The second-order valence-corrected chi connectivity index (χ2v) is 5.16. The maximum Gasteiger partial charge on any atom is 0.185 e. The summed E-state index contributed by atoms with van der Waals surface area (Å²) in [4.78, 5) is 7.05. The van der Waals surface area contributed by atoms with Crippen molar-refractivity contribution in [2.75, 3.05) is 25.0 Å². The van der Waals surface area contributed by atoms with Crippen LogP contribution >= 0.6 is 11.3 Å². The maximum absolute atomic E-state index is 4.63. The Balaban J connectivity index is 1.96. The van der Waals surface area contributed by atoms with Crippen molar-refractivity contribution in [1.82, 2.24) is 10.3 Å². The van der Waals surface area contributed by atoms with Gasteiger partial charge in [-0.05, 0) is 25.8 Å². The van der Waals surface area contributed by atoms with E-state index in [0.717, 1.165) is 18.2 Å². The summed E-state index contributed by atoms with van der Waals surface area (Å²) in [6, 6.07) is 0. The van der Waals surface area contributed by atoms with Gasteiger partial charge < -0.3 is 10.2 Å². The smallest absolute Gasteiger partial charge is 0.185 e. The molecule has 84 valence electrons. The highest BCUT2D eigenvalue weighted by Gasteiger charge is 2.18. The molecule has 1 fully saturated rings. The lowest BCUT2D eigenvalue weighted by Crippen LogP contribution is -2.32. The summed E-state index contributed by atoms with van der Waals surface area (Å²) in [5, 5.41) is 6.49. The minimum absolute atomic E-state index is 0.876. The third kappa shape index (κ3) is 2.69. The summed E-state index contributed by atoms with van der Waals surface area (Å²) < 4.78 is 0. The summed E-state index contributed by atoms with van der Waals surface area (Å²) >= 11 is 1.77. The van der Waals surface area contributed by atoms with Crippen LogP contribution in [0, 0.1) is 5.92 Å². The second kappa shape index (κ2) is 4.94. The molecule has 0 unspecified atom stereocenters. The first-order valence-electron chi connectivity index (χ1n) is 5.63. The summed E-state index contributed by atoms with van der Waals surface area (Å²) in [5.74, 6) is 0.887. The van der Waals surface area contributed by atoms with E-state index in [9.17, 15) is 0 Å². The van der Waals surface area contributed by atoms with Crippen molar-refractivity contribution in [3.05, 3.63) is 11.1 Å². The van der Waals surface area contributed by atoms with Gasteiger partial charge in [-0.3, -0.25) is 0 Å². The van der Waals surface area contributed by atoms with E-state index < -0.39 is 0 Å². The van der Waals surface area contributed by atoms with E-state index in [1.54, 1.807) is 11.3 Å². The molecule has 0 spiro atoms. The average Bonchev–Trinajstić information content (AvgIpc) is 2.68. The molecule has 1 aromatic rings. The normalized spacial score (nSPS) is 18.4. The minimum Gasteiger partial charge on any atom is -0.348 e. The molecule has 0 saturated carbocycles. The van der Waals surface area contributed by atoms with Crippen LogP contribution < -0.4 is 10.2 Å². The highest BCUT2D eigenvalue weighted by molar-refractivity contribution is 7.13. The molecule has 0 radical (unpaired) electrons. The van der Waals surface area contributed by atoms with Gasteiger partial charge in [0.15, 0.2) is 5.13 Å².